The Morgan fingerprint density at radius 2 is 2.16 bits per heavy atom. The molecule has 1 aliphatic rings. The van der Waals surface area contributed by atoms with Crippen molar-refractivity contribution < 1.29 is 19.4 Å². The molecule has 0 atom stereocenters. The summed E-state index contributed by atoms with van der Waals surface area (Å²) in [5, 5.41) is 13.0. The number of nitrogens with one attached hydrogen (secondary N) is 1. The van der Waals surface area contributed by atoms with Crippen LogP contribution in [0.25, 0.3) is 16.2 Å². The molecular formula is C20H22N6O5S. The number of rotatable bonds is 8. The summed E-state index contributed by atoms with van der Waals surface area (Å²) in [5.41, 5.74) is -0.0598. The highest BCUT2D eigenvalue weighted by molar-refractivity contribution is 7.08. The van der Waals surface area contributed by atoms with Gasteiger partial charge in [-0.25, -0.2) is 14.8 Å². The SMILES string of the molecule is CCOCCNC(=O)C1CN(c2cc(C)c3c(=O)c(C(=O)O)cn(-c4ncns4)c3n2)C1. The maximum Gasteiger partial charge on any atom is 0.341 e. The zero-order chi connectivity index (χ0) is 22.8. The Morgan fingerprint density at radius 1 is 1.38 bits per heavy atom. The predicted octanol–water partition coefficient (Wildman–Crippen LogP) is 0.833. The highest BCUT2D eigenvalue weighted by atomic mass is 32.1. The average molecular weight is 459 g/mol. The number of pyridine rings is 2. The molecule has 0 saturated carbocycles. The number of carbonyl (C=O) groups is 2. The molecule has 0 unspecified atom stereocenters. The Kier molecular flexibility index (Phi) is 6.15. The van der Waals surface area contributed by atoms with Crippen LogP contribution >= 0.6 is 11.5 Å². The first kappa shape index (κ1) is 21.8. The van der Waals surface area contributed by atoms with Gasteiger partial charge in [-0.1, -0.05) is 0 Å². The molecule has 2 N–H and O–H groups in total. The van der Waals surface area contributed by atoms with E-state index in [-0.39, 0.29) is 22.8 Å². The summed E-state index contributed by atoms with van der Waals surface area (Å²) in [6, 6.07) is 1.74. The Morgan fingerprint density at radius 3 is 2.81 bits per heavy atom. The molecule has 4 heterocycles. The summed E-state index contributed by atoms with van der Waals surface area (Å²) in [7, 11) is 0. The van der Waals surface area contributed by atoms with Crippen LogP contribution in [0.4, 0.5) is 5.82 Å². The monoisotopic (exact) mass is 458 g/mol. The minimum absolute atomic E-state index is 0.0321. The van der Waals surface area contributed by atoms with E-state index < -0.39 is 11.4 Å². The minimum atomic E-state index is -1.32. The van der Waals surface area contributed by atoms with Crippen LogP contribution in [0.2, 0.25) is 0 Å². The molecule has 11 nitrogen and oxygen atoms in total. The van der Waals surface area contributed by atoms with E-state index in [4.69, 9.17) is 4.74 Å². The lowest BCUT2D eigenvalue weighted by Gasteiger charge is -2.39. The predicted molar refractivity (Wildman–Crippen MR) is 118 cm³/mol. The van der Waals surface area contributed by atoms with E-state index in [9.17, 15) is 19.5 Å². The summed E-state index contributed by atoms with van der Waals surface area (Å²) in [6.45, 7) is 6.18. The zero-order valence-electron chi connectivity index (χ0n) is 17.6. The number of anilines is 1. The van der Waals surface area contributed by atoms with Gasteiger partial charge in [-0.2, -0.15) is 4.37 Å². The van der Waals surface area contributed by atoms with Crippen molar-refractivity contribution in [2.45, 2.75) is 13.8 Å². The summed E-state index contributed by atoms with van der Waals surface area (Å²) in [4.78, 5) is 47.4. The average Bonchev–Trinajstić information content (AvgIpc) is 3.24. The summed E-state index contributed by atoms with van der Waals surface area (Å²) in [5.74, 6) is -0.904. The molecule has 0 aromatic carbocycles. The number of ether oxygens (including phenoxy) is 1. The lowest BCUT2D eigenvalue weighted by Crippen LogP contribution is -2.54. The largest absolute Gasteiger partial charge is 0.477 e. The van der Waals surface area contributed by atoms with Gasteiger partial charge in [0.05, 0.1) is 17.9 Å². The van der Waals surface area contributed by atoms with Crippen molar-refractivity contribution in [1.29, 1.82) is 0 Å². The molecule has 0 radical (unpaired) electrons. The van der Waals surface area contributed by atoms with E-state index >= 15 is 0 Å². The van der Waals surface area contributed by atoms with Crippen LogP contribution in [0.15, 0.2) is 23.4 Å². The van der Waals surface area contributed by atoms with Crippen molar-refractivity contribution in [1.82, 2.24) is 24.2 Å². The molecule has 12 heteroatoms. The van der Waals surface area contributed by atoms with E-state index in [1.54, 1.807) is 13.0 Å². The number of aromatic nitrogens is 4. The summed E-state index contributed by atoms with van der Waals surface area (Å²) >= 11 is 1.06. The molecular weight excluding hydrogens is 436 g/mol. The van der Waals surface area contributed by atoms with Gasteiger partial charge in [-0.3, -0.25) is 14.2 Å². The Hall–Kier alpha value is -3.38. The van der Waals surface area contributed by atoms with Gasteiger partial charge >= 0.3 is 5.97 Å². The van der Waals surface area contributed by atoms with Crippen LogP contribution in [0, 0.1) is 12.8 Å². The molecule has 1 saturated heterocycles. The third kappa shape index (κ3) is 4.06. The van der Waals surface area contributed by atoms with Gasteiger partial charge in [0.1, 0.15) is 17.7 Å². The summed E-state index contributed by atoms with van der Waals surface area (Å²) in [6.07, 6.45) is 2.58. The van der Waals surface area contributed by atoms with Gasteiger partial charge in [-0.05, 0) is 25.5 Å². The normalized spacial score (nSPS) is 13.9. The highest BCUT2D eigenvalue weighted by Gasteiger charge is 2.34. The van der Waals surface area contributed by atoms with Crippen LogP contribution in [-0.4, -0.2) is 68.7 Å². The second-order valence-electron chi connectivity index (χ2n) is 7.36. The number of carbonyl (C=O) groups excluding carboxylic acids is 1. The van der Waals surface area contributed by atoms with Crippen molar-refractivity contribution in [3.05, 3.63) is 39.9 Å². The van der Waals surface area contributed by atoms with Gasteiger partial charge in [-0.15, -0.1) is 0 Å². The number of aryl methyl sites for hydroxylation is 1. The number of carboxylic acids is 1. The molecule has 3 aromatic rings. The van der Waals surface area contributed by atoms with Crippen LogP contribution in [0.1, 0.15) is 22.8 Å². The first-order chi connectivity index (χ1) is 15.4. The molecule has 0 aliphatic carbocycles. The topological polar surface area (TPSA) is 140 Å². The fraction of sp³-hybridized carbons (Fsp3) is 0.400. The van der Waals surface area contributed by atoms with Crippen molar-refractivity contribution in [3.63, 3.8) is 0 Å². The van der Waals surface area contributed by atoms with E-state index in [2.05, 4.69) is 19.7 Å². The van der Waals surface area contributed by atoms with E-state index in [1.165, 1.54) is 17.1 Å². The molecule has 0 bridgehead atoms. The Labute approximate surface area is 186 Å². The zero-order valence-corrected chi connectivity index (χ0v) is 18.4. The third-order valence-corrected chi connectivity index (χ3v) is 5.92. The number of hydrogen-bond acceptors (Lipinski definition) is 9. The maximum atomic E-state index is 12.8. The molecule has 3 aromatic heterocycles. The standard InChI is InChI=1S/C20H22N6O5S/c1-3-31-5-4-21-18(28)12-7-25(8-12)14-6-11(2)15-16(27)13(19(29)30)9-26(17(15)24-14)20-22-10-23-32-20/h6,9-10,12H,3-5,7-8H2,1-2H3,(H,21,28)(H,29,30). The van der Waals surface area contributed by atoms with E-state index in [0.29, 0.717) is 55.0 Å². The molecule has 168 valence electrons. The van der Waals surface area contributed by atoms with E-state index in [0.717, 1.165) is 11.5 Å². The van der Waals surface area contributed by atoms with Crippen LogP contribution in [-0.2, 0) is 9.53 Å². The van der Waals surface area contributed by atoms with Crippen molar-refractivity contribution >= 4 is 40.3 Å². The highest BCUT2D eigenvalue weighted by Crippen LogP contribution is 2.28. The number of aromatic carboxylic acids is 1. The molecule has 1 fully saturated rings. The molecule has 0 spiro atoms. The maximum absolute atomic E-state index is 12.8. The van der Waals surface area contributed by atoms with Crippen molar-refractivity contribution in [2.75, 3.05) is 37.7 Å². The minimum Gasteiger partial charge on any atom is -0.477 e. The van der Waals surface area contributed by atoms with Gasteiger partial charge < -0.3 is 20.1 Å². The molecule has 32 heavy (non-hydrogen) atoms. The Balaban J connectivity index is 1.64. The second-order valence-corrected chi connectivity index (χ2v) is 8.12. The second kappa shape index (κ2) is 9.01. The van der Waals surface area contributed by atoms with Gasteiger partial charge in [0.2, 0.25) is 16.5 Å². The number of fused-ring (bicyclic) bond motifs is 1. The third-order valence-electron chi connectivity index (χ3n) is 5.25. The fourth-order valence-corrected chi connectivity index (χ4v) is 4.09. The van der Waals surface area contributed by atoms with Crippen LogP contribution < -0.4 is 15.6 Å². The first-order valence-electron chi connectivity index (χ1n) is 10.1. The molecule has 1 aliphatic heterocycles. The van der Waals surface area contributed by atoms with Gasteiger partial charge in [0.15, 0.2) is 5.65 Å². The quantitative estimate of drug-likeness (QED) is 0.470. The molecule has 4 rings (SSSR count). The lowest BCUT2D eigenvalue weighted by atomic mass is 9.98. The van der Waals surface area contributed by atoms with Gasteiger partial charge in [0, 0.05) is 44.0 Å². The van der Waals surface area contributed by atoms with E-state index in [1.807, 2.05) is 11.8 Å². The smallest absolute Gasteiger partial charge is 0.341 e. The lowest BCUT2D eigenvalue weighted by molar-refractivity contribution is -0.125. The van der Waals surface area contributed by atoms with Crippen LogP contribution in [0.3, 0.4) is 0 Å². The summed E-state index contributed by atoms with van der Waals surface area (Å²) < 4.78 is 10.7. The number of nitrogens with zero attached hydrogens (tertiary/aromatic N) is 5. The van der Waals surface area contributed by atoms with Crippen molar-refractivity contribution in [2.24, 2.45) is 5.92 Å². The number of carboxylic acid groups (broad SMARTS) is 1. The molecule has 1 amide bonds. The first-order valence-corrected chi connectivity index (χ1v) is 10.9. The number of amides is 1. The number of hydrogen-bond donors (Lipinski definition) is 2. The van der Waals surface area contributed by atoms with Gasteiger partial charge in [0.25, 0.3) is 0 Å². The Bertz CT molecular complexity index is 1220. The fourth-order valence-electron chi connectivity index (χ4n) is 3.58. The van der Waals surface area contributed by atoms with Crippen molar-refractivity contribution in [3.8, 4) is 5.13 Å². The van der Waals surface area contributed by atoms with Crippen LogP contribution in [0.5, 0.6) is 0 Å².